The lowest BCUT2D eigenvalue weighted by Gasteiger charge is -2.14. The predicted octanol–water partition coefficient (Wildman–Crippen LogP) is 5.07. The van der Waals surface area contributed by atoms with E-state index in [1.165, 1.54) is 17.3 Å². The van der Waals surface area contributed by atoms with Crippen LogP contribution in [0.5, 0.6) is 0 Å². The van der Waals surface area contributed by atoms with E-state index in [2.05, 4.69) is 20.5 Å². The Bertz CT molecular complexity index is 1170. The zero-order valence-corrected chi connectivity index (χ0v) is 18.4. The molecule has 0 radical (unpaired) electrons. The van der Waals surface area contributed by atoms with Gasteiger partial charge < -0.3 is 5.32 Å². The Kier molecular flexibility index (Phi) is 6.13. The smallest absolute Gasteiger partial charge is 0.237 e. The third kappa shape index (κ3) is 4.83. The van der Waals surface area contributed by atoms with Crippen molar-refractivity contribution in [1.29, 1.82) is 0 Å². The first-order valence-corrected chi connectivity index (χ1v) is 10.9. The Balaban J connectivity index is 1.63. The summed E-state index contributed by atoms with van der Waals surface area (Å²) >= 11 is 1.37. The molecular weight excluding hydrogens is 406 g/mol. The Morgan fingerprint density at radius 1 is 0.968 bits per heavy atom. The number of carbonyl (C=O) groups is 1. The first kappa shape index (κ1) is 20.8. The number of amides is 1. The summed E-state index contributed by atoms with van der Waals surface area (Å²) in [4.78, 5) is 17.0. The number of carbonyl (C=O) groups excluding carboxylic acids is 1. The maximum absolute atomic E-state index is 12.8. The highest BCUT2D eigenvalue weighted by atomic mass is 32.2. The molecule has 0 unspecified atom stereocenters. The van der Waals surface area contributed by atoms with E-state index >= 15 is 0 Å². The molecule has 0 saturated heterocycles. The monoisotopic (exact) mass is 429 g/mol. The van der Waals surface area contributed by atoms with Crippen molar-refractivity contribution in [2.24, 2.45) is 0 Å². The summed E-state index contributed by atoms with van der Waals surface area (Å²) in [6, 6.07) is 19.7. The molecule has 2 aromatic carbocycles. The van der Waals surface area contributed by atoms with Gasteiger partial charge in [0.1, 0.15) is 0 Å². The molecule has 0 aliphatic rings. The van der Waals surface area contributed by atoms with Crippen molar-refractivity contribution in [3.05, 3.63) is 84.2 Å². The summed E-state index contributed by atoms with van der Waals surface area (Å²) in [5.41, 5.74) is 4.88. The van der Waals surface area contributed by atoms with Crippen LogP contribution in [0.3, 0.4) is 0 Å². The van der Waals surface area contributed by atoms with E-state index in [1.807, 2.05) is 86.0 Å². The molecule has 1 atom stereocenters. The number of hydrogen-bond donors (Lipinski definition) is 1. The van der Waals surface area contributed by atoms with Gasteiger partial charge in [-0.15, -0.1) is 10.2 Å². The third-order valence-corrected chi connectivity index (χ3v) is 5.86. The van der Waals surface area contributed by atoms with E-state index in [0.29, 0.717) is 11.0 Å². The lowest BCUT2D eigenvalue weighted by molar-refractivity contribution is -0.115. The lowest BCUT2D eigenvalue weighted by Crippen LogP contribution is -2.22. The van der Waals surface area contributed by atoms with Crippen LogP contribution in [0.4, 0.5) is 5.69 Å². The highest BCUT2D eigenvalue weighted by molar-refractivity contribution is 8.00. The Morgan fingerprint density at radius 3 is 2.29 bits per heavy atom. The molecule has 7 heteroatoms. The molecule has 6 nitrogen and oxygen atoms in total. The Hall–Kier alpha value is -3.45. The van der Waals surface area contributed by atoms with Crippen molar-refractivity contribution >= 4 is 23.4 Å². The van der Waals surface area contributed by atoms with E-state index < -0.39 is 0 Å². The molecule has 31 heavy (non-hydrogen) atoms. The minimum Gasteiger partial charge on any atom is -0.325 e. The number of rotatable bonds is 6. The van der Waals surface area contributed by atoms with Gasteiger partial charge in [0, 0.05) is 29.3 Å². The molecular formula is C24H23N5OS. The largest absolute Gasteiger partial charge is 0.325 e. The van der Waals surface area contributed by atoms with Gasteiger partial charge >= 0.3 is 0 Å². The van der Waals surface area contributed by atoms with Gasteiger partial charge in [-0.05, 0) is 57.2 Å². The van der Waals surface area contributed by atoms with Crippen molar-refractivity contribution in [1.82, 2.24) is 19.7 Å². The molecule has 2 heterocycles. The second kappa shape index (κ2) is 9.14. The van der Waals surface area contributed by atoms with Gasteiger partial charge in [-0.25, -0.2) is 0 Å². The van der Waals surface area contributed by atoms with E-state index in [0.717, 1.165) is 22.5 Å². The fourth-order valence-corrected chi connectivity index (χ4v) is 3.91. The fourth-order valence-electron chi connectivity index (χ4n) is 3.05. The van der Waals surface area contributed by atoms with Crippen LogP contribution in [0.2, 0.25) is 0 Å². The van der Waals surface area contributed by atoms with E-state index in [-0.39, 0.29) is 11.2 Å². The summed E-state index contributed by atoms with van der Waals surface area (Å²) in [5.74, 6) is 0.598. The quantitative estimate of drug-likeness (QED) is 0.434. The van der Waals surface area contributed by atoms with Gasteiger partial charge in [0.05, 0.1) is 5.25 Å². The van der Waals surface area contributed by atoms with Crippen LogP contribution in [0.25, 0.3) is 17.1 Å². The Labute approximate surface area is 185 Å². The number of nitrogens with zero attached hydrogens (tertiary/aromatic N) is 4. The number of pyridine rings is 1. The molecule has 0 spiro atoms. The molecule has 2 aromatic heterocycles. The van der Waals surface area contributed by atoms with Gasteiger partial charge in [0.25, 0.3) is 0 Å². The normalized spacial score (nSPS) is 11.8. The maximum atomic E-state index is 12.8. The van der Waals surface area contributed by atoms with E-state index in [4.69, 9.17) is 0 Å². The number of thioether (sulfide) groups is 1. The van der Waals surface area contributed by atoms with Gasteiger partial charge in [0.2, 0.25) is 5.91 Å². The molecule has 0 fully saturated rings. The van der Waals surface area contributed by atoms with Crippen molar-refractivity contribution in [2.75, 3.05) is 5.32 Å². The van der Waals surface area contributed by atoms with Crippen LogP contribution < -0.4 is 5.32 Å². The maximum Gasteiger partial charge on any atom is 0.237 e. The number of benzene rings is 2. The topological polar surface area (TPSA) is 72.7 Å². The summed E-state index contributed by atoms with van der Waals surface area (Å²) in [6.45, 7) is 5.93. The van der Waals surface area contributed by atoms with E-state index in [9.17, 15) is 4.79 Å². The molecule has 1 N–H and O–H groups in total. The van der Waals surface area contributed by atoms with Gasteiger partial charge in [-0.2, -0.15) is 0 Å². The zero-order valence-electron chi connectivity index (χ0n) is 17.6. The second-order valence-corrected chi connectivity index (χ2v) is 8.64. The van der Waals surface area contributed by atoms with Crippen molar-refractivity contribution in [3.8, 4) is 17.1 Å². The first-order valence-electron chi connectivity index (χ1n) is 9.98. The zero-order chi connectivity index (χ0) is 21.8. The van der Waals surface area contributed by atoms with Crippen LogP contribution in [-0.2, 0) is 4.79 Å². The van der Waals surface area contributed by atoms with Crippen LogP contribution in [0.1, 0.15) is 18.1 Å². The fraction of sp³-hybridized carbons (Fsp3) is 0.167. The highest BCUT2D eigenvalue weighted by Gasteiger charge is 2.22. The Morgan fingerprint density at radius 2 is 1.65 bits per heavy atom. The average molecular weight is 430 g/mol. The summed E-state index contributed by atoms with van der Waals surface area (Å²) < 4.78 is 1.97. The average Bonchev–Trinajstić information content (AvgIpc) is 3.20. The summed E-state index contributed by atoms with van der Waals surface area (Å²) in [7, 11) is 0. The van der Waals surface area contributed by atoms with Crippen molar-refractivity contribution in [3.63, 3.8) is 0 Å². The number of aromatic nitrogens is 4. The molecule has 4 rings (SSSR count). The third-order valence-electron chi connectivity index (χ3n) is 4.82. The van der Waals surface area contributed by atoms with Crippen LogP contribution in [-0.4, -0.2) is 30.9 Å². The van der Waals surface area contributed by atoms with Crippen molar-refractivity contribution < 1.29 is 4.79 Å². The molecule has 0 bridgehead atoms. The number of nitrogens with one attached hydrogen (secondary N) is 1. The standard InChI is InChI=1S/C24H23N5OS/c1-16-6-10-20(11-7-16)26-23(30)18(3)31-24-28-27-22(19-5-4-14-25-15-19)29(24)21-12-8-17(2)9-13-21/h4-15,18H,1-3H3,(H,26,30)/t18-/m0/s1. The summed E-state index contributed by atoms with van der Waals surface area (Å²) in [6.07, 6.45) is 3.49. The molecule has 0 aliphatic heterocycles. The summed E-state index contributed by atoms with van der Waals surface area (Å²) in [5, 5.41) is 12.1. The number of hydrogen-bond acceptors (Lipinski definition) is 5. The first-order chi connectivity index (χ1) is 15.0. The highest BCUT2D eigenvalue weighted by Crippen LogP contribution is 2.30. The number of anilines is 1. The van der Waals surface area contributed by atoms with Crippen LogP contribution >= 0.6 is 11.8 Å². The van der Waals surface area contributed by atoms with Crippen LogP contribution in [0, 0.1) is 13.8 Å². The molecule has 4 aromatic rings. The minimum atomic E-state index is -0.364. The second-order valence-electron chi connectivity index (χ2n) is 7.33. The molecule has 0 saturated carbocycles. The number of aryl methyl sites for hydroxylation is 2. The van der Waals surface area contributed by atoms with Gasteiger partial charge in [-0.1, -0.05) is 47.2 Å². The minimum absolute atomic E-state index is 0.0877. The SMILES string of the molecule is Cc1ccc(NC(=O)[C@H](C)Sc2nnc(-c3cccnc3)n2-c2ccc(C)cc2)cc1. The van der Waals surface area contributed by atoms with E-state index in [1.54, 1.807) is 12.4 Å². The molecule has 0 aliphatic carbocycles. The van der Waals surface area contributed by atoms with Crippen molar-refractivity contribution in [2.45, 2.75) is 31.2 Å². The lowest BCUT2D eigenvalue weighted by atomic mass is 10.2. The van der Waals surface area contributed by atoms with Gasteiger partial charge in [0.15, 0.2) is 11.0 Å². The molecule has 156 valence electrons. The molecule has 1 amide bonds. The van der Waals surface area contributed by atoms with Crippen LogP contribution in [0.15, 0.2) is 78.2 Å². The predicted molar refractivity (Wildman–Crippen MR) is 124 cm³/mol. The van der Waals surface area contributed by atoms with Gasteiger partial charge in [-0.3, -0.25) is 14.3 Å².